The fourth-order valence-electron chi connectivity index (χ4n) is 4.69. The van der Waals surface area contributed by atoms with Gasteiger partial charge in [-0.1, -0.05) is 6.07 Å². The van der Waals surface area contributed by atoms with E-state index in [-0.39, 0.29) is 6.03 Å². The Morgan fingerprint density at radius 3 is 2.56 bits per heavy atom. The predicted octanol–water partition coefficient (Wildman–Crippen LogP) is 1.56. The summed E-state index contributed by atoms with van der Waals surface area (Å²) >= 11 is 0. The maximum Gasteiger partial charge on any atom is 0.320 e. The van der Waals surface area contributed by atoms with E-state index in [2.05, 4.69) is 26.8 Å². The first-order chi connectivity index (χ1) is 13.3. The van der Waals surface area contributed by atoms with Crippen molar-refractivity contribution in [2.45, 2.75) is 31.5 Å². The third kappa shape index (κ3) is 3.34. The molecule has 5 rings (SSSR count). The number of rotatable bonds is 3. The average Bonchev–Trinajstić information content (AvgIpc) is 3.04. The summed E-state index contributed by atoms with van der Waals surface area (Å²) in [5.41, 5.74) is 1.23. The first kappa shape index (κ1) is 17.1. The minimum absolute atomic E-state index is 0.228. The van der Waals surface area contributed by atoms with Crippen molar-refractivity contribution in [1.29, 1.82) is 0 Å². The lowest BCUT2D eigenvalue weighted by atomic mass is 10.1. The molecule has 1 atom stereocenters. The lowest BCUT2D eigenvalue weighted by Gasteiger charge is -2.36. The number of ether oxygens (including phenoxy) is 3. The van der Waals surface area contributed by atoms with Crippen molar-refractivity contribution in [3.05, 3.63) is 23.8 Å². The molecule has 1 aromatic rings. The molecule has 0 radical (unpaired) electrons. The Morgan fingerprint density at radius 2 is 1.70 bits per heavy atom. The number of fused-ring (bicyclic) bond motifs is 2. The fourth-order valence-corrected chi connectivity index (χ4v) is 4.69. The van der Waals surface area contributed by atoms with Crippen molar-refractivity contribution < 1.29 is 19.0 Å². The molecule has 4 heterocycles. The van der Waals surface area contributed by atoms with Gasteiger partial charge in [0.1, 0.15) is 13.2 Å². The topological polar surface area (TPSA) is 54.5 Å². The van der Waals surface area contributed by atoms with Gasteiger partial charge in [0, 0.05) is 52.0 Å². The van der Waals surface area contributed by atoms with Gasteiger partial charge >= 0.3 is 6.03 Å². The maximum absolute atomic E-state index is 12.8. The Kier molecular flexibility index (Phi) is 4.57. The molecule has 3 fully saturated rings. The van der Waals surface area contributed by atoms with Gasteiger partial charge in [-0.25, -0.2) is 4.79 Å². The molecule has 0 aromatic heterocycles. The molecule has 0 saturated carbocycles. The SMILES string of the molecule is O=C1N(C2CCOCC2)C[C@H]2CN(Cc3ccc4c(c3)OCCO4)CCN12. The number of carbonyl (C=O) groups is 1. The van der Waals surface area contributed by atoms with Crippen LogP contribution in [-0.4, -0.2) is 85.4 Å². The molecule has 0 bridgehead atoms. The largest absolute Gasteiger partial charge is 0.486 e. The minimum atomic E-state index is 0.228. The first-order valence-electron chi connectivity index (χ1n) is 10.0. The molecule has 146 valence electrons. The van der Waals surface area contributed by atoms with E-state index in [4.69, 9.17) is 14.2 Å². The molecule has 3 saturated heterocycles. The standard InChI is InChI=1S/C20H27N3O4/c24-20-22-6-5-21(12-15-1-2-18-19(11-15)27-10-9-26-18)13-17(22)14-23(20)16-3-7-25-8-4-16/h1-2,11,16-17H,3-10,12-14H2/t17-/m1/s1. The fraction of sp³-hybridized carbons (Fsp3) is 0.650. The van der Waals surface area contributed by atoms with E-state index in [1.807, 2.05) is 6.07 Å². The summed E-state index contributed by atoms with van der Waals surface area (Å²) in [6, 6.07) is 7.09. The van der Waals surface area contributed by atoms with Crippen molar-refractivity contribution in [3.63, 3.8) is 0 Å². The number of hydrogen-bond acceptors (Lipinski definition) is 5. The van der Waals surface area contributed by atoms with E-state index in [9.17, 15) is 4.79 Å². The number of benzene rings is 1. The highest BCUT2D eigenvalue weighted by atomic mass is 16.6. The van der Waals surface area contributed by atoms with Crippen LogP contribution in [0.15, 0.2) is 18.2 Å². The Bertz CT molecular complexity index is 706. The molecular weight excluding hydrogens is 346 g/mol. The van der Waals surface area contributed by atoms with Gasteiger partial charge in [0.25, 0.3) is 0 Å². The number of nitrogens with zero attached hydrogens (tertiary/aromatic N) is 3. The van der Waals surface area contributed by atoms with Crippen LogP contribution in [0.2, 0.25) is 0 Å². The average molecular weight is 373 g/mol. The molecular formula is C20H27N3O4. The minimum Gasteiger partial charge on any atom is -0.486 e. The van der Waals surface area contributed by atoms with Crippen molar-refractivity contribution in [2.75, 3.05) is 52.6 Å². The van der Waals surface area contributed by atoms with Crippen LogP contribution >= 0.6 is 0 Å². The highest BCUT2D eigenvalue weighted by Crippen LogP contribution is 2.32. The summed E-state index contributed by atoms with van der Waals surface area (Å²) in [4.78, 5) is 19.5. The van der Waals surface area contributed by atoms with Gasteiger partial charge in [0.15, 0.2) is 11.5 Å². The molecule has 0 aliphatic carbocycles. The number of carbonyl (C=O) groups excluding carboxylic acids is 1. The summed E-state index contributed by atoms with van der Waals surface area (Å²) in [7, 11) is 0. The van der Waals surface area contributed by atoms with Crippen LogP contribution in [0.1, 0.15) is 18.4 Å². The number of amides is 2. The van der Waals surface area contributed by atoms with Crippen LogP contribution in [0, 0.1) is 0 Å². The lowest BCUT2D eigenvalue weighted by molar-refractivity contribution is 0.0504. The number of urea groups is 1. The molecule has 0 unspecified atom stereocenters. The smallest absolute Gasteiger partial charge is 0.320 e. The number of hydrogen-bond donors (Lipinski definition) is 0. The van der Waals surface area contributed by atoms with Gasteiger partial charge in [0.2, 0.25) is 0 Å². The summed E-state index contributed by atoms with van der Waals surface area (Å²) in [6.07, 6.45) is 1.93. The van der Waals surface area contributed by atoms with E-state index in [0.29, 0.717) is 25.3 Å². The van der Waals surface area contributed by atoms with E-state index in [0.717, 1.165) is 70.3 Å². The van der Waals surface area contributed by atoms with Gasteiger partial charge < -0.3 is 24.0 Å². The third-order valence-electron chi connectivity index (χ3n) is 6.11. The zero-order valence-corrected chi connectivity index (χ0v) is 15.6. The lowest BCUT2D eigenvalue weighted by Crippen LogP contribution is -2.51. The second-order valence-corrected chi connectivity index (χ2v) is 7.84. The van der Waals surface area contributed by atoms with Crippen molar-refractivity contribution in [1.82, 2.24) is 14.7 Å². The van der Waals surface area contributed by atoms with E-state index < -0.39 is 0 Å². The Hall–Kier alpha value is -1.99. The quantitative estimate of drug-likeness (QED) is 0.805. The van der Waals surface area contributed by atoms with E-state index in [1.165, 1.54) is 5.56 Å². The Labute approximate surface area is 159 Å². The molecule has 0 spiro atoms. The zero-order chi connectivity index (χ0) is 18.2. The number of piperazine rings is 1. The van der Waals surface area contributed by atoms with Gasteiger partial charge in [-0.3, -0.25) is 4.90 Å². The van der Waals surface area contributed by atoms with Crippen molar-refractivity contribution in [3.8, 4) is 11.5 Å². The third-order valence-corrected chi connectivity index (χ3v) is 6.11. The maximum atomic E-state index is 12.8. The van der Waals surface area contributed by atoms with Crippen molar-refractivity contribution >= 4 is 6.03 Å². The van der Waals surface area contributed by atoms with Crippen molar-refractivity contribution in [2.24, 2.45) is 0 Å². The highest BCUT2D eigenvalue weighted by Gasteiger charge is 2.43. The van der Waals surface area contributed by atoms with Crippen LogP contribution in [0.5, 0.6) is 11.5 Å². The molecule has 7 heteroatoms. The van der Waals surface area contributed by atoms with Crippen LogP contribution in [0.25, 0.3) is 0 Å². The second kappa shape index (κ2) is 7.20. The second-order valence-electron chi connectivity index (χ2n) is 7.84. The summed E-state index contributed by atoms with van der Waals surface area (Å²) in [5, 5.41) is 0. The molecule has 27 heavy (non-hydrogen) atoms. The van der Waals surface area contributed by atoms with Crippen LogP contribution in [0.4, 0.5) is 4.79 Å². The van der Waals surface area contributed by atoms with Gasteiger partial charge in [-0.15, -0.1) is 0 Å². The molecule has 7 nitrogen and oxygen atoms in total. The van der Waals surface area contributed by atoms with E-state index >= 15 is 0 Å². The van der Waals surface area contributed by atoms with Gasteiger partial charge in [0.05, 0.1) is 6.04 Å². The highest BCUT2D eigenvalue weighted by molar-refractivity contribution is 5.77. The summed E-state index contributed by atoms with van der Waals surface area (Å²) < 4.78 is 16.8. The van der Waals surface area contributed by atoms with Crippen LogP contribution in [-0.2, 0) is 11.3 Å². The Morgan fingerprint density at radius 1 is 0.889 bits per heavy atom. The predicted molar refractivity (Wildman–Crippen MR) is 99.1 cm³/mol. The normalized spacial score (nSPS) is 26.4. The summed E-state index contributed by atoms with van der Waals surface area (Å²) in [5.74, 6) is 1.68. The first-order valence-corrected chi connectivity index (χ1v) is 10.0. The zero-order valence-electron chi connectivity index (χ0n) is 15.6. The van der Waals surface area contributed by atoms with E-state index in [1.54, 1.807) is 0 Å². The molecule has 1 aromatic carbocycles. The molecule has 4 aliphatic heterocycles. The summed E-state index contributed by atoms with van der Waals surface area (Å²) in [6.45, 7) is 7.17. The molecule has 2 amide bonds. The van der Waals surface area contributed by atoms with Crippen LogP contribution < -0.4 is 9.47 Å². The molecule has 4 aliphatic rings. The Balaban J connectivity index is 1.23. The van der Waals surface area contributed by atoms with Gasteiger partial charge in [-0.05, 0) is 30.5 Å². The van der Waals surface area contributed by atoms with Gasteiger partial charge in [-0.2, -0.15) is 0 Å². The molecule has 0 N–H and O–H groups in total. The monoisotopic (exact) mass is 373 g/mol. The van der Waals surface area contributed by atoms with Crippen LogP contribution in [0.3, 0.4) is 0 Å².